The summed E-state index contributed by atoms with van der Waals surface area (Å²) in [6.07, 6.45) is 5.45. The van der Waals surface area contributed by atoms with E-state index in [4.69, 9.17) is 0 Å². The van der Waals surface area contributed by atoms with Gasteiger partial charge in [0.2, 0.25) is 0 Å². The Hall–Kier alpha value is -0.860. The topological polar surface area (TPSA) is 24.1 Å². The fourth-order valence-corrected chi connectivity index (χ4v) is 2.41. The van der Waals surface area contributed by atoms with Gasteiger partial charge < -0.3 is 0 Å². The second kappa shape index (κ2) is 6.02. The molecule has 1 aliphatic carbocycles. The third-order valence-corrected chi connectivity index (χ3v) is 3.53. The minimum atomic E-state index is 0.650. The quantitative estimate of drug-likeness (QED) is 0.759. The van der Waals surface area contributed by atoms with Gasteiger partial charge in [-0.05, 0) is 24.3 Å². The molecule has 1 fully saturated rings. The normalized spacial score (nSPS) is 25.6. The average molecular weight is 218 g/mol. The van der Waals surface area contributed by atoms with Gasteiger partial charge >= 0.3 is 0 Å². The van der Waals surface area contributed by atoms with Gasteiger partial charge in [0.25, 0.3) is 0 Å². The summed E-state index contributed by atoms with van der Waals surface area (Å²) in [4.78, 5) is 0. The molecule has 0 spiro atoms. The standard InChI is InChI=1S/C14H22N2/c1-12-7-5-6-10-14(12)16-15-11-13-8-3-2-4-9-13/h2-4,8-9,12,14-16H,5-7,10-11H2,1H3. The van der Waals surface area contributed by atoms with Crippen LogP contribution in [0.5, 0.6) is 0 Å². The maximum Gasteiger partial charge on any atom is 0.0351 e. The van der Waals surface area contributed by atoms with Gasteiger partial charge in [0.05, 0.1) is 0 Å². The second-order valence-corrected chi connectivity index (χ2v) is 4.85. The Morgan fingerprint density at radius 3 is 2.62 bits per heavy atom. The van der Waals surface area contributed by atoms with Crippen molar-refractivity contribution in [2.24, 2.45) is 5.92 Å². The van der Waals surface area contributed by atoms with Crippen LogP contribution in [-0.2, 0) is 6.54 Å². The molecule has 88 valence electrons. The van der Waals surface area contributed by atoms with Crippen LogP contribution in [0, 0.1) is 5.92 Å². The fourth-order valence-electron chi connectivity index (χ4n) is 2.41. The van der Waals surface area contributed by atoms with E-state index in [0.29, 0.717) is 6.04 Å². The Labute approximate surface area is 98.4 Å². The maximum atomic E-state index is 3.47. The largest absolute Gasteiger partial charge is 0.254 e. The van der Waals surface area contributed by atoms with Gasteiger partial charge in [0.1, 0.15) is 0 Å². The first kappa shape index (κ1) is 11.6. The molecular weight excluding hydrogens is 196 g/mol. The molecule has 2 N–H and O–H groups in total. The smallest absolute Gasteiger partial charge is 0.0351 e. The van der Waals surface area contributed by atoms with Gasteiger partial charge in [-0.15, -0.1) is 0 Å². The molecule has 1 saturated carbocycles. The van der Waals surface area contributed by atoms with Crippen LogP contribution in [0.4, 0.5) is 0 Å². The van der Waals surface area contributed by atoms with E-state index in [-0.39, 0.29) is 0 Å². The Kier molecular flexibility index (Phi) is 4.37. The molecule has 0 bridgehead atoms. The molecule has 2 nitrogen and oxygen atoms in total. The van der Waals surface area contributed by atoms with Crippen molar-refractivity contribution in [3.05, 3.63) is 35.9 Å². The highest BCUT2D eigenvalue weighted by atomic mass is 15.4. The summed E-state index contributed by atoms with van der Waals surface area (Å²) in [6, 6.07) is 11.2. The first-order chi connectivity index (χ1) is 7.86. The van der Waals surface area contributed by atoms with Crippen LogP contribution < -0.4 is 10.9 Å². The summed E-state index contributed by atoms with van der Waals surface area (Å²) in [6.45, 7) is 3.26. The molecule has 1 aliphatic rings. The van der Waals surface area contributed by atoms with Crippen molar-refractivity contribution in [3.8, 4) is 0 Å². The van der Waals surface area contributed by atoms with E-state index < -0.39 is 0 Å². The number of benzene rings is 1. The lowest BCUT2D eigenvalue weighted by Crippen LogP contribution is -2.45. The molecule has 0 aromatic heterocycles. The van der Waals surface area contributed by atoms with E-state index >= 15 is 0 Å². The molecule has 16 heavy (non-hydrogen) atoms. The summed E-state index contributed by atoms with van der Waals surface area (Å²) in [5.74, 6) is 0.803. The van der Waals surface area contributed by atoms with Crippen molar-refractivity contribution in [2.75, 3.05) is 0 Å². The van der Waals surface area contributed by atoms with Crippen LogP contribution in [0.2, 0.25) is 0 Å². The molecule has 2 heteroatoms. The zero-order valence-corrected chi connectivity index (χ0v) is 10.1. The van der Waals surface area contributed by atoms with Crippen LogP contribution in [0.3, 0.4) is 0 Å². The molecule has 2 rings (SSSR count). The summed E-state index contributed by atoms with van der Waals surface area (Å²) >= 11 is 0. The number of hydrogen-bond donors (Lipinski definition) is 2. The first-order valence-corrected chi connectivity index (χ1v) is 6.38. The van der Waals surface area contributed by atoms with Gasteiger partial charge in [-0.2, -0.15) is 0 Å². The van der Waals surface area contributed by atoms with Crippen molar-refractivity contribution >= 4 is 0 Å². The molecule has 0 amide bonds. The Balaban J connectivity index is 1.71. The number of hydrazine groups is 1. The van der Waals surface area contributed by atoms with E-state index in [2.05, 4.69) is 48.1 Å². The molecule has 0 saturated heterocycles. The van der Waals surface area contributed by atoms with E-state index in [0.717, 1.165) is 12.5 Å². The molecular formula is C14H22N2. The van der Waals surface area contributed by atoms with Gasteiger partial charge in [-0.25, -0.2) is 0 Å². The Morgan fingerprint density at radius 1 is 1.12 bits per heavy atom. The number of hydrogen-bond acceptors (Lipinski definition) is 2. The molecule has 1 aromatic carbocycles. The summed E-state index contributed by atoms with van der Waals surface area (Å²) < 4.78 is 0. The summed E-state index contributed by atoms with van der Waals surface area (Å²) in [7, 11) is 0. The van der Waals surface area contributed by atoms with Gasteiger partial charge in [-0.3, -0.25) is 10.9 Å². The molecule has 2 unspecified atom stereocenters. The minimum absolute atomic E-state index is 0.650. The Morgan fingerprint density at radius 2 is 1.88 bits per heavy atom. The number of rotatable bonds is 4. The minimum Gasteiger partial charge on any atom is -0.254 e. The van der Waals surface area contributed by atoms with Crippen LogP contribution in [0.25, 0.3) is 0 Å². The van der Waals surface area contributed by atoms with Crippen molar-refractivity contribution in [2.45, 2.75) is 45.2 Å². The van der Waals surface area contributed by atoms with Gasteiger partial charge in [-0.1, -0.05) is 50.1 Å². The van der Waals surface area contributed by atoms with Gasteiger partial charge in [0, 0.05) is 12.6 Å². The van der Waals surface area contributed by atoms with E-state index in [1.807, 2.05) is 0 Å². The zero-order valence-electron chi connectivity index (χ0n) is 10.1. The fraction of sp³-hybridized carbons (Fsp3) is 0.571. The third-order valence-electron chi connectivity index (χ3n) is 3.53. The lowest BCUT2D eigenvalue weighted by atomic mass is 9.86. The van der Waals surface area contributed by atoms with Crippen LogP contribution in [0.1, 0.15) is 38.2 Å². The van der Waals surface area contributed by atoms with E-state index in [1.54, 1.807) is 0 Å². The SMILES string of the molecule is CC1CCCCC1NNCc1ccccc1. The molecule has 0 heterocycles. The lowest BCUT2D eigenvalue weighted by molar-refractivity contribution is 0.254. The van der Waals surface area contributed by atoms with E-state index in [9.17, 15) is 0 Å². The maximum absolute atomic E-state index is 3.47. The molecule has 1 aromatic rings. The van der Waals surface area contributed by atoms with E-state index in [1.165, 1.54) is 31.2 Å². The monoisotopic (exact) mass is 218 g/mol. The molecule has 2 atom stereocenters. The first-order valence-electron chi connectivity index (χ1n) is 6.38. The Bertz CT molecular complexity index is 297. The molecule has 0 radical (unpaired) electrons. The predicted molar refractivity (Wildman–Crippen MR) is 67.8 cm³/mol. The van der Waals surface area contributed by atoms with Crippen LogP contribution in [-0.4, -0.2) is 6.04 Å². The van der Waals surface area contributed by atoms with Crippen LogP contribution in [0.15, 0.2) is 30.3 Å². The molecule has 0 aliphatic heterocycles. The van der Waals surface area contributed by atoms with Crippen molar-refractivity contribution < 1.29 is 0 Å². The highest BCUT2D eigenvalue weighted by Crippen LogP contribution is 2.23. The second-order valence-electron chi connectivity index (χ2n) is 4.85. The van der Waals surface area contributed by atoms with Crippen molar-refractivity contribution in [1.82, 2.24) is 10.9 Å². The number of nitrogens with one attached hydrogen (secondary N) is 2. The lowest BCUT2D eigenvalue weighted by Gasteiger charge is -2.29. The highest BCUT2D eigenvalue weighted by molar-refractivity contribution is 5.14. The summed E-state index contributed by atoms with van der Waals surface area (Å²) in [5.41, 5.74) is 8.15. The zero-order chi connectivity index (χ0) is 11.2. The third kappa shape index (κ3) is 3.32. The van der Waals surface area contributed by atoms with Crippen LogP contribution >= 0.6 is 0 Å². The van der Waals surface area contributed by atoms with Crippen molar-refractivity contribution in [1.29, 1.82) is 0 Å². The van der Waals surface area contributed by atoms with Crippen molar-refractivity contribution in [3.63, 3.8) is 0 Å². The highest BCUT2D eigenvalue weighted by Gasteiger charge is 2.20. The average Bonchev–Trinajstić information content (AvgIpc) is 2.33. The summed E-state index contributed by atoms with van der Waals surface area (Å²) in [5, 5.41) is 0. The predicted octanol–water partition coefficient (Wildman–Crippen LogP) is 2.86. The van der Waals surface area contributed by atoms with Gasteiger partial charge in [0.15, 0.2) is 0 Å².